The minimum atomic E-state index is -4.56. The molecule has 9 heteroatoms. The van der Waals surface area contributed by atoms with Crippen molar-refractivity contribution in [1.82, 2.24) is 4.90 Å². The first kappa shape index (κ1) is 17.6. The van der Waals surface area contributed by atoms with Crippen LogP contribution in [0.2, 0.25) is 0 Å². The summed E-state index contributed by atoms with van der Waals surface area (Å²) in [5, 5.41) is 9.60. The number of carbonyl (C=O) groups excluding carboxylic acids is 1. The zero-order valence-electron chi connectivity index (χ0n) is 11.3. The quantitative estimate of drug-likeness (QED) is 0.353. The average Bonchev–Trinajstić information content (AvgIpc) is 2.72. The van der Waals surface area contributed by atoms with Crippen LogP contribution >= 0.6 is 7.82 Å². The van der Waals surface area contributed by atoms with Crippen LogP contribution < -0.4 is 5.73 Å². The zero-order valence-corrected chi connectivity index (χ0v) is 12.2. The summed E-state index contributed by atoms with van der Waals surface area (Å²) in [4.78, 5) is 30.8. The molecule has 5 N–H and O–H groups in total. The van der Waals surface area contributed by atoms with Gasteiger partial charge in [-0.25, -0.2) is 4.57 Å². The van der Waals surface area contributed by atoms with Gasteiger partial charge < -0.3 is 25.5 Å². The first-order chi connectivity index (χ1) is 9.33. The number of aliphatic hydroxyl groups excluding tert-OH is 1. The van der Waals surface area contributed by atoms with Crippen molar-refractivity contribution in [2.24, 2.45) is 5.73 Å². The van der Waals surface area contributed by atoms with Gasteiger partial charge in [-0.1, -0.05) is 6.42 Å². The lowest BCUT2D eigenvalue weighted by Gasteiger charge is -2.24. The van der Waals surface area contributed by atoms with E-state index >= 15 is 0 Å². The molecular formula is C11H23N2O6P. The predicted molar refractivity (Wildman–Crippen MR) is 71.6 cm³/mol. The number of carbonyl (C=O) groups is 1. The number of nitrogens with zero attached hydrogens (tertiary/aromatic N) is 1. The van der Waals surface area contributed by atoms with E-state index in [1.807, 2.05) is 0 Å². The van der Waals surface area contributed by atoms with E-state index in [-0.39, 0.29) is 25.5 Å². The maximum absolute atomic E-state index is 12.0. The van der Waals surface area contributed by atoms with E-state index in [0.717, 1.165) is 12.8 Å². The van der Waals surface area contributed by atoms with Gasteiger partial charge in [0.1, 0.15) is 0 Å². The summed E-state index contributed by atoms with van der Waals surface area (Å²) in [5.41, 5.74) is 5.37. The molecule has 1 aliphatic rings. The summed E-state index contributed by atoms with van der Waals surface area (Å²) in [6.45, 7) is 0.510. The van der Waals surface area contributed by atoms with E-state index in [1.54, 1.807) is 0 Å². The van der Waals surface area contributed by atoms with E-state index in [1.165, 1.54) is 4.90 Å². The Balaban J connectivity index is 2.44. The number of nitrogens with two attached hydrogens (primary N) is 1. The van der Waals surface area contributed by atoms with E-state index in [0.29, 0.717) is 19.4 Å². The Hall–Kier alpha value is -0.500. The molecule has 0 bridgehead atoms. The number of phosphoric acid groups is 1. The van der Waals surface area contributed by atoms with Crippen molar-refractivity contribution < 1.29 is 28.8 Å². The Morgan fingerprint density at radius 2 is 2.05 bits per heavy atom. The molecule has 1 rings (SSSR count). The zero-order chi connectivity index (χ0) is 15.2. The van der Waals surface area contributed by atoms with E-state index < -0.39 is 20.0 Å². The first-order valence-corrected chi connectivity index (χ1v) is 8.24. The van der Waals surface area contributed by atoms with Crippen LogP contribution in [-0.4, -0.2) is 57.5 Å². The number of rotatable bonds is 8. The van der Waals surface area contributed by atoms with E-state index in [2.05, 4.69) is 4.52 Å². The van der Waals surface area contributed by atoms with Crippen molar-refractivity contribution in [3.63, 3.8) is 0 Å². The van der Waals surface area contributed by atoms with E-state index in [4.69, 9.17) is 15.5 Å². The van der Waals surface area contributed by atoms with Crippen LogP contribution in [-0.2, 0) is 13.9 Å². The molecule has 0 radical (unpaired) electrons. The number of unbranched alkanes of at least 4 members (excludes halogenated alkanes) is 2. The van der Waals surface area contributed by atoms with Gasteiger partial charge in [-0.2, -0.15) is 0 Å². The molecule has 0 aromatic heterocycles. The van der Waals surface area contributed by atoms with Gasteiger partial charge in [0.2, 0.25) is 5.91 Å². The second kappa shape index (κ2) is 8.07. The molecule has 0 saturated carbocycles. The molecule has 118 valence electrons. The fourth-order valence-electron chi connectivity index (χ4n) is 2.28. The predicted octanol–water partition coefficient (Wildman–Crippen LogP) is -0.423. The van der Waals surface area contributed by atoms with Crippen molar-refractivity contribution in [3.8, 4) is 0 Å². The van der Waals surface area contributed by atoms with Crippen LogP contribution in [0, 0.1) is 0 Å². The molecule has 0 aromatic rings. The number of hydrogen-bond donors (Lipinski definition) is 4. The van der Waals surface area contributed by atoms with Gasteiger partial charge in [-0.3, -0.25) is 9.32 Å². The summed E-state index contributed by atoms with van der Waals surface area (Å²) in [7, 11) is -4.56. The lowest BCUT2D eigenvalue weighted by Crippen LogP contribution is -2.38. The molecule has 1 saturated heterocycles. The lowest BCUT2D eigenvalue weighted by molar-refractivity contribution is -0.133. The van der Waals surface area contributed by atoms with Crippen LogP contribution in [0.3, 0.4) is 0 Å². The Bertz CT molecular complexity index is 361. The Labute approximate surface area is 118 Å². The van der Waals surface area contributed by atoms with Gasteiger partial charge in [0, 0.05) is 13.0 Å². The standard InChI is InChI=1S/C11H23N2O6P/c12-5-3-1-2-4-11(15)13-7-10(14)6-9(13)8-19-20(16,17)18/h9-10,14H,1-8,12H2,(H2,16,17,18)/t9-,10+/m0/s1. The monoisotopic (exact) mass is 310 g/mol. The smallest absolute Gasteiger partial charge is 0.391 e. The maximum atomic E-state index is 12.0. The molecule has 1 amide bonds. The normalized spacial score (nSPS) is 23.3. The number of phosphoric ester groups is 1. The minimum Gasteiger partial charge on any atom is -0.391 e. The third-order valence-electron chi connectivity index (χ3n) is 3.24. The lowest BCUT2D eigenvalue weighted by atomic mass is 10.1. The second-order valence-electron chi connectivity index (χ2n) is 4.98. The molecule has 0 spiro atoms. The summed E-state index contributed by atoms with van der Waals surface area (Å²) in [5.74, 6) is -0.127. The Morgan fingerprint density at radius 3 is 2.65 bits per heavy atom. The fourth-order valence-corrected chi connectivity index (χ4v) is 2.65. The second-order valence-corrected chi connectivity index (χ2v) is 6.21. The largest absolute Gasteiger partial charge is 0.469 e. The van der Waals surface area contributed by atoms with Gasteiger partial charge in [-0.15, -0.1) is 0 Å². The molecular weight excluding hydrogens is 287 g/mol. The highest BCUT2D eigenvalue weighted by molar-refractivity contribution is 7.46. The molecule has 0 unspecified atom stereocenters. The fraction of sp³-hybridized carbons (Fsp3) is 0.909. The molecule has 2 atom stereocenters. The highest BCUT2D eigenvalue weighted by Crippen LogP contribution is 2.37. The van der Waals surface area contributed by atoms with Gasteiger partial charge >= 0.3 is 7.82 Å². The van der Waals surface area contributed by atoms with Crippen molar-refractivity contribution in [2.75, 3.05) is 19.7 Å². The highest BCUT2D eigenvalue weighted by Gasteiger charge is 2.35. The van der Waals surface area contributed by atoms with Crippen molar-refractivity contribution in [3.05, 3.63) is 0 Å². The Morgan fingerprint density at radius 1 is 1.35 bits per heavy atom. The minimum absolute atomic E-state index is 0.127. The van der Waals surface area contributed by atoms with Crippen LogP contribution in [0.5, 0.6) is 0 Å². The summed E-state index contributed by atoms with van der Waals surface area (Å²) in [6.07, 6.45) is 2.39. The third kappa shape index (κ3) is 6.30. The number of aliphatic hydroxyl groups is 1. The first-order valence-electron chi connectivity index (χ1n) is 6.71. The molecule has 1 heterocycles. The van der Waals surface area contributed by atoms with E-state index in [9.17, 15) is 14.5 Å². The van der Waals surface area contributed by atoms with Crippen LogP contribution in [0.25, 0.3) is 0 Å². The molecule has 0 aromatic carbocycles. The van der Waals surface area contributed by atoms with Crippen molar-refractivity contribution in [2.45, 2.75) is 44.2 Å². The molecule has 20 heavy (non-hydrogen) atoms. The molecule has 1 aliphatic heterocycles. The third-order valence-corrected chi connectivity index (χ3v) is 3.73. The number of hydrogen-bond acceptors (Lipinski definition) is 5. The number of β-amino-alcohol motifs (C(OH)–C–C–N with tert-alkyl or cyclic N) is 1. The Kier molecular flexibility index (Phi) is 7.08. The van der Waals surface area contributed by atoms with Gasteiger partial charge in [-0.05, 0) is 25.8 Å². The summed E-state index contributed by atoms with van der Waals surface area (Å²) < 4.78 is 15.1. The maximum Gasteiger partial charge on any atom is 0.469 e. The van der Waals surface area contributed by atoms with Gasteiger partial charge in [0.15, 0.2) is 0 Å². The molecule has 8 nitrogen and oxygen atoms in total. The van der Waals surface area contributed by atoms with Gasteiger partial charge in [0.05, 0.1) is 18.8 Å². The van der Waals surface area contributed by atoms with Crippen LogP contribution in [0.15, 0.2) is 0 Å². The highest BCUT2D eigenvalue weighted by atomic mass is 31.2. The summed E-state index contributed by atoms with van der Waals surface area (Å²) in [6, 6.07) is -0.486. The van der Waals surface area contributed by atoms with Crippen LogP contribution in [0.1, 0.15) is 32.1 Å². The van der Waals surface area contributed by atoms with Crippen LogP contribution in [0.4, 0.5) is 0 Å². The van der Waals surface area contributed by atoms with Crippen molar-refractivity contribution in [1.29, 1.82) is 0 Å². The van der Waals surface area contributed by atoms with Crippen molar-refractivity contribution >= 4 is 13.7 Å². The molecule has 1 fully saturated rings. The van der Waals surface area contributed by atoms with Gasteiger partial charge in [0.25, 0.3) is 0 Å². The number of amides is 1. The topological polar surface area (TPSA) is 133 Å². The SMILES string of the molecule is NCCCCCC(=O)N1C[C@H](O)C[C@H]1COP(=O)(O)O. The molecule has 0 aliphatic carbocycles. The summed E-state index contributed by atoms with van der Waals surface area (Å²) >= 11 is 0. The average molecular weight is 310 g/mol. The number of likely N-dealkylation sites (tertiary alicyclic amines) is 1.